The molecule has 0 aromatic heterocycles. The van der Waals surface area contributed by atoms with E-state index in [4.69, 9.17) is 6.42 Å². The third kappa shape index (κ3) is 4.32. The van der Waals surface area contributed by atoms with Crippen LogP contribution in [0.1, 0.15) is 31.4 Å². The lowest BCUT2D eigenvalue weighted by atomic mass is 10.0. The Kier molecular flexibility index (Phi) is 4.34. The molecule has 1 amide bonds. The maximum absolute atomic E-state index is 11.7. The van der Waals surface area contributed by atoms with Crippen molar-refractivity contribution in [3.05, 3.63) is 35.4 Å². The molecular weight excluding hydrogens is 210 g/mol. The molecule has 17 heavy (non-hydrogen) atoms. The van der Waals surface area contributed by atoms with Gasteiger partial charge in [0, 0.05) is 6.42 Å². The third-order valence-corrected chi connectivity index (χ3v) is 2.70. The second kappa shape index (κ2) is 5.54. The van der Waals surface area contributed by atoms with Crippen LogP contribution < -0.4 is 5.32 Å². The van der Waals surface area contributed by atoms with Gasteiger partial charge in [0.05, 0.1) is 5.54 Å². The van der Waals surface area contributed by atoms with Crippen molar-refractivity contribution in [3.8, 4) is 12.3 Å². The van der Waals surface area contributed by atoms with E-state index >= 15 is 0 Å². The number of terminal acetylenes is 1. The van der Waals surface area contributed by atoms with Crippen LogP contribution in [0.5, 0.6) is 0 Å². The maximum Gasteiger partial charge on any atom is 0.221 e. The van der Waals surface area contributed by atoms with Crippen LogP contribution in [0.4, 0.5) is 0 Å². The van der Waals surface area contributed by atoms with Crippen LogP contribution in [0.25, 0.3) is 0 Å². The molecule has 0 fully saturated rings. The molecule has 1 N–H and O–H groups in total. The van der Waals surface area contributed by atoms with E-state index in [0.29, 0.717) is 6.42 Å². The summed E-state index contributed by atoms with van der Waals surface area (Å²) in [5.74, 6) is 2.55. The van der Waals surface area contributed by atoms with E-state index in [1.165, 1.54) is 11.1 Å². The first-order valence-electron chi connectivity index (χ1n) is 5.78. The molecule has 0 unspecified atom stereocenters. The van der Waals surface area contributed by atoms with E-state index in [2.05, 4.69) is 30.3 Å². The first-order valence-corrected chi connectivity index (χ1v) is 5.78. The zero-order valence-corrected chi connectivity index (χ0v) is 10.7. The summed E-state index contributed by atoms with van der Waals surface area (Å²) in [5.41, 5.74) is 1.86. The van der Waals surface area contributed by atoms with Gasteiger partial charge in [-0.1, -0.05) is 30.2 Å². The van der Waals surface area contributed by atoms with Gasteiger partial charge in [-0.2, -0.15) is 0 Å². The van der Waals surface area contributed by atoms with E-state index in [0.717, 1.165) is 6.42 Å². The molecule has 0 spiro atoms. The predicted octanol–water partition coefficient (Wildman–Crippen LogP) is 2.46. The van der Waals surface area contributed by atoms with Gasteiger partial charge in [-0.05, 0) is 38.3 Å². The molecule has 0 aliphatic heterocycles. The number of benzene rings is 1. The van der Waals surface area contributed by atoms with Crippen LogP contribution in [0.15, 0.2) is 24.3 Å². The summed E-state index contributed by atoms with van der Waals surface area (Å²) < 4.78 is 0. The number of hydrogen-bond donors (Lipinski definition) is 1. The Morgan fingerprint density at radius 1 is 1.41 bits per heavy atom. The topological polar surface area (TPSA) is 29.1 Å². The fourth-order valence-corrected chi connectivity index (χ4v) is 1.59. The number of carbonyl (C=O) groups is 1. The standard InChI is InChI=1S/C15H19NO/c1-5-15(3,4)16-14(17)11-10-13-9-7-6-8-12(13)2/h1,6-9H,10-11H2,2-4H3,(H,16,17). The first-order chi connectivity index (χ1) is 7.94. The molecular formula is C15H19NO. The summed E-state index contributed by atoms with van der Waals surface area (Å²) in [6, 6.07) is 8.10. The molecule has 1 rings (SSSR count). The lowest BCUT2D eigenvalue weighted by Crippen LogP contribution is -2.42. The number of aryl methyl sites for hydroxylation is 2. The summed E-state index contributed by atoms with van der Waals surface area (Å²) in [4.78, 5) is 11.7. The monoisotopic (exact) mass is 229 g/mol. The molecule has 0 heterocycles. The van der Waals surface area contributed by atoms with Crippen LogP contribution in [0.3, 0.4) is 0 Å². The van der Waals surface area contributed by atoms with Crippen LogP contribution in [0, 0.1) is 19.3 Å². The average molecular weight is 229 g/mol. The number of hydrogen-bond acceptors (Lipinski definition) is 1. The minimum absolute atomic E-state index is 0.00352. The van der Waals surface area contributed by atoms with Crippen molar-refractivity contribution in [3.63, 3.8) is 0 Å². The minimum atomic E-state index is -0.567. The van der Waals surface area contributed by atoms with Gasteiger partial charge in [-0.3, -0.25) is 4.79 Å². The van der Waals surface area contributed by atoms with Crippen molar-refractivity contribution in [2.24, 2.45) is 0 Å². The van der Waals surface area contributed by atoms with Gasteiger partial charge >= 0.3 is 0 Å². The van der Waals surface area contributed by atoms with Crippen LogP contribution >= 0.6 is 0 Å². The summed E-state index contributed by atoms with van der Waals surface area (Å²) in [7, 11) is 0. The first kappa shape index (κ1) is 13.3. The molecule has 0 bridgehead atoms. The van der Waals surface area contributed by atoms with Crippen LogP contribution in [0.2, 0.25) is 0 Å². The number of carbonyl (C=O) groups excluding carboxylic acids is 1. The Hall–Kier alpha value is -1.75. The van der Waals surface area contributed by atoms with Crippen molar-refractivity contribution < 1.29 is 4.79 Å². The summed E-state index contributed by atoms with van der Waals surface area (Å²) in [5, 5.41) is 2.82. The van der Waals surface area contributed by atoms with E-state index < -0.39 is 5.54 Å². The fraction of sp³-hybridized carbons (Fsp3) is 0.400. The highest BCUT2D eigenvalue weighted by Gasteiger charge is 2.16. The molecule has 0 atom stereocenters. The Labute approximate surface area is 103 Å². The molecule has 0 radical (unpaired) electrons. The molecule has 90 valence electrons. The lowest BCUT2D eigenvalue weighted by molar-refractivity contribution is -0.122. The summed E-state index contributed by atoms with van der Waals surface area (Å²) in [6.07, 6.45) is 6.54. The lowest BCUT2D eigenvalue weighted by Gasteiger charge is -2.19. The summed E-state index contributed by atoms with van der Waals surface area (Å²) in [6.45, 7) is 5.69. The van der Waals surface area contributed by atoms with Gasteiger partial charge in [0.15, 0.2) is 0 Å². The van der Waals surface area contributed by atoms with Gasteiger partial charge in [-0.15, -0.1) is 6.42 Å². The van der Waals surface area contributed by atoms with Crippen molar-refractivity contribution in [1.82, 2.24) is 5.32 Å². The van der Waals surface area contributed by atoms with Crippen molar-refractivity contribution >= 4 is 5.91 Å². The van der Waals surface area contributed by atoms with E-state index in [-0.39, 0.29) is 5.91 Å². The Balaban J connectivity index is 2.50. The molecule has 2 nitrogen and oxygen atoms in total. The second-order valence-corrected chi connectivity index (χ2v) is 4.74. The van der Waals surface area contributed by atoms with Crippen molar-refractivity contribution in [2.75, 3.05) is 0 Å². The van der Waals surface area contributed by atoms with Gasteiger partial charge in [-0.25, -0.2) is 0 Å². The molecule has 2 heteroatoms. The van der Waals surface area contributed by atoms with Gasteiger partial charge in [0.25, 0.3) is 0 Å². The second-order valence-electron chi connectivity index (χ2n) is 4.74. The number of nitrogens with one attached hydrogen (secondary N) is 1. The highest BCUT2D eigenvalue weighted by atomic mass is 16.1. The quantitative estimate of drug-likeness (QED) is 0.789. The summed E-state index contributed by atoms with van der Waals surface area (Å²) >= 11 is 0. The third-order valence-electron chi connectivity index (χ3n) is 2.70. The predicted molar refractivity (Wildman–Crippen MR) is 70.6 cm³/mol. The minimum Gasteiger partial charge on any atom is -0.340 e. The van der Waals surface area contributed by atoms with Crippen molar-refractivity contribution in [2.45, 2.75) is 39.2 Å². The highest BCUT2D eigenvalue weighted by Crippen LogP contribution is 2.10. The molecule has 0 aliphatic carbocycles. The van der Waals surface area contributed by atoms with E-state index in [9.17, 15) is 4.79 Å². The SMILES string of the molecule is C#CC(C)(C)NC(=O)CCc1ccccc1C. The van der Waals surface area contributed by atoms with E-state index in [1.54, 1.807) is 0 Å². The van der Waals surface area contributed by atoms with Gasteiger partial charge in [0.1, 0.15) is 0 Å². The maximum atomic E-state index is 11.7. The van der Waals surface area contributed by atoms with Gasteiger partial charge in [0.2, 0.25) is 5.91 Å². The average Bonchev–Trinajstić information content (AvgIpc) is 2.27. The molecule has 0 saturated carbocycles. The Morgan fingerprint density at radius 2 is 2.06 bits per heavy atom. The number of amides is 1. The van der Waals surface area contributed by atoms with Gasteiger partial charge < -0.3 is 5.32 Å². The molecule has 0 saturated heterocycles. The number of rotatable bonds is 4. The zero-order chi connectivity index (χ0) is 12.9. The molecule has 0 aliphatic rings. The van der Waals surface area contributed by atoms with Crippen molar-refractivity contribution in [1.29, 1.82) is 0 Å². The van der Waals surface area contributed by atoms with E-state index in [1.807, 2.05) is 26.0 Å². The largest absolute Gasteiger partial charge is 0.340 e. The fourth-order valence-electron chi connectivity index (χ4n) is 1.59. The molecule has 1 aromatic carbocycles. The smallest absolute Gasteiger partial charge is 0.221 e. The molecule has 1 aromatic rings. The normalized spacial score (nSPS) is 10.7. The zero-order valence-electron chi connectivity index (χ0n) is 10.7. The Bertz CT molecular complexity index is 440. The van der Waals surface area contributed by atoms with Crippen LogP contribution in [-0.4, -0.2) is 11.4 Å². The Morgan fingerprint density at radius 3 is 2.65 bits per heavy atom. The van der Waals surface area contributed by atoms with Crippen LogP contribution in [-0.2, 0) is 11.2 Å². The highest BCUT2D eigenvalue weighted by molar-refractivity contribution is 5.77.